The smallest absolute Gasteiger partial charge is 0.156 e. The van der Waals surface area contributed by atoms with E-state index in [9.17, 15) is 0 Å². The van der Waals surface area contributed by atoms with E-state index in [0.717, 1.165) is 38.6 Å². The van der Waals surface area contributed by atoms with Crippen molar-refractivity contribution in [1.82, 2.24) is 0 Å². The molecule has 0 amide bonds. The number of fused-ring (bicyclic) bond motifs is 13. The number of thioether (sulfide) groups is 1. The Hall–Kier alpha value is -4.67. The second-order valence-electron chi connectivity index (χ2n) is 10.8. The molecule has 0 saturated heterocycles. The Labute approximate surface area is 233 Å². The molecule has 2 unspecified atom stereocenters. The quantitative estimate of drug-likeness (QED) is 0.213. The lowest BCUT2D eigenvalue weighted by atomic mass is 9.78. The van der Waals surface area contributed by atoms with Gasteiger partial charge in [-0.3, -0.25) is 0 Å². The van der Waals surface area contributed by atoms with Crippen molar-refractivity contribution in [2.75, 3.05) is 4.90 Å². The largest absolute Gasteiger partial charge is 0.456 e. The lowest BCUT2D eigenvalue weighted by Crippen LogP contribution is -2.37. The average Bonchev–Trinajstić information content (AvgIpc) is 3.75. The van der Waals surface area contributed by atoms with E-state index < -0.39 is 0 Å². The van der Waals surface area contributed by atoms with Gasteiger partial charge in [-0.15, -0.1) is 0 Å². The molecule has 2 aliphatic heterocycles. The van der Waals surface area contributed by atoms with E-state index in [2.05, 4.69) is 108 Å². The highest BCUT2D eigenvalue weighted by Gasteiger charge is 2.48. The van der Waals surface area contributed by atoms with E-state index in [1.807, 2.05) is 23.9 Å². The van der Waals surface area contributed by atoms with Crippen molar-refractivity contribution in [2.24, 2.45) is 0 Å². The van der Waals surface area contributed by atoms with Crippen molar-refractivity contribution in [1.29, 1.82) is 0 Å². The molecule has 2 aromatic heterocycles. The Balaban J connectivity index is 1.35. The van der Waals surface area contributed by atoms with E-state index in [0.29, 0.717) is 0 Å². The number of anilines is 2. The van der Waals surface area contributed by atoms with E-state index >= 15 is 0 Å². The molecule has 10 rings (SSSR count). The molecule has 2 atom stereocenters. The van der Waals surface area contributed by atoms with Gasteiger partial charge >= 0.3 is 0 Å². The number of hydrogen-bond acceptors (Lipinski definition) is 4. The summed E-state index contributed by atoms with van der Waals surface area (Å²) in [6.07, 6.45) is 0. The Morgan fingerprint density at radius 3 is 2.17 bits per heavy atom. The molecule has 188 valence electrons. The van der Waals surface area contributed by atoms with Crippen LogP contribution in [-0.2, 0) is 0 Å². The van der Waals surface area contributed by atoms with Crippen LogP contribution in [0.15, 0.2) is 129 Å². The molecule has 3 aliphatic rings. The summed E-state index contributed by atoms with van der Waals surface area (Å²) in [6, 6.07) is 41.2. The minimum absolute atomic E-state index is 0.159. The van der Waals surface area contributed by atoms with Gasteiger partial charge in [0.05, 0.1) is 5.70 Å². The fourth-order valence-electron chi connectivity index (χ4n) is 7.24. The zero-order valence-corrected chi connectivity index (χ0v) is 22.1. The maximum absolute atomic E-state index is 6.81. The highest BCUT2D eigenvalue weighted by Crippen LogP contribution is 2.63. The van der Waals surface area contributed by atoms with Crippen LogP contribution in [0.5, 0.6) is 0 Å². The molecule has 0 saturated carbocycles. The fourth-order valence-corrected chi connectivity index (χ4v) is 8.63. The second kappa shape index (κ2) is 7.50. The molecule has 4 heteroatoms. The Morgan fingerprint density at radius 2 is 1.27 bits per heavy atom. The van der Waals surface area contributed by atoms with Crippen LogP contribution in [0.2, 0.25) is 0 Å². The van der Waals surface area contributed by atoms with Gasteiger partial charge < -0.3 is 13.7 Å². The number of benzene rings is 5. The first-order valence-electron chi connectivity index (χ1n) is 13.7. The lowest BCUT2D eigenvalue weighted by Gasteiger charge is -2.28. The van der Waals surface area contributed by atoms with Gasteiger partial charge in [-0.1, -0.05) is 84.6 Å². The van der Waals surface area contributed by atoms with Gasteiger partial charge in [0.2, 0.25) is 0 Å². The normalized spacial score (nSPS) is 18.8. The van der Waals surface area contributed by atoms with Crippen LogP contribution in [0.1, 0.15) is 23.0 Å². The summed E-state index contributed by atoms with van der Waals surface area (Å²) < 4.78 is 13.0. The van der Waals surface area contributed by atoms with Crippen molar-refractivity contribution in [3.8, 4) is 0 Å². The van der Waals surface area contributed by atoms with Gasteiger partial charge in [0.25, 0.3) is 0 Å². The van der Waals surface area contributed by atoms with Crippen LogP contribution in [0.4, 0.5) is 11.4 Å². The third kappa shape index (κ3) is 2.57. The predicted molar refractivity (Wildman–Crippen MR) is 162 cm³/mol. The SMILES string of the molecule is c1ccc2c(c1)SC1=c3c(oc4ccccc34)=C3C(c4ccccc4N3c3ccc4oc5ccccc5c4c3)C12. The van der Waals surface area contributed by atoms with Gasteiger partial charge in [0, 0.05) is 54.4 Å². The van der Waals surface area contributed by atoms with Crippen molar-refractivity contribution < 1.29 is 8.83 Å². The van der Waals surface area contributed by atoms with E-state index in [1.165, 1.54) is 42.9 Å². The summed E-state index contributed by atoms with van der Waals surface area (Å²) >= 11 is 1.92. The molecule has 7 aromatic rings. The Morgan fingerprint density at radius 1 is 0.575 bits per heavy atom. The maximum atomic E-state index is 6.81. The molecule has 0 radical (unpaired) electrons. The van der Waals surface area contributed by atoms with Gasteiger partial charge in [-0.2, -0.15) is 0 Å². The molecule has 1 aliphatic carbocycles. The maximum Gasteiger partial charge on any atom is 0.156 e. The number of hydrogen-bond donors (Lipinski definition) is 0. The van der Waals surface area contributed by atoms with Crippen LogP contribution in [-0.4, -0.2) is 0 Å². The topological polar surface area (TPSA) is 29.5 Å². The monoisotopic (exact) mass is 531 g/mol. The van der Waals surface area contributed by atoms with Crippen LogP contribution in [0.3, 0.4) is 0 Å². The predicted octanol–water partition coefficient (Wildman–Crippen LogP) is 8.39. The minimum atomic E-state index is 0.159. The summed E-state index contributed by atoms with van der Waals surface area (Å²) in [5.74, 6) is 0.404. The zero-order chi connectivity index (χ0) is 25.9. The van der Waals surface area contributed by atoms with Crippen molar-refractivity contribution in [2.45, 2.75) is 16.7 Å². The molecule has 0 fully saturated rings. The second-order valence-corrected chi connectivity index (χ2v) is 11.9. The third-order valence-corrected chi connectivity index (χ3v) is 10.1. The van der Waals surface area contributed by atoms with E-state index in [4.69, 9.17) is 8.83 Å². The number of rotatable bonds is 1. The first-order chi connectivity index (χ1) is 19.8. The first-order valence-corrected chi connectivity index (χ1v) is 14.5. The molecular formula is C36H21NO2S. The summed E-state index contributed by atoms with van der Waals surface area (Å²) in [5.41, 5.74) is 10.1. The van der Waals surface area contributed by atoms with Crippen LogP contribution in [0.25, 0.3) is 43.5 Å². The van der Waals surface area contributed by atoms with Gasteiger partial charge in [0.15, 0.2) is 5.42 Å². The van der Waals surface area contributed by atoms with E-state index in [1.54, 1.807) is 0 Å². The fraction of sp³-hybridized carbons (Fsp3) is 0.0556. The van der Waals surface area contributed by atoms with Crippen LogP contribution < -0.4 is 15.5 Å². The number of nitrogens with zero attached hydrogens (tertiary/aromatic N) is 1. The number of para-hydroxylation sites is 3. The Kier molecular flexibility index (Phi) is 3.97. The molecule has 0 bridgehead atoms. The summed E-state index contributed by atoms with van der Waals surface area (Å²) in [6.45, 7) is 0. The minimum Gasteiger partial charge on any atom is -0.456 e. The van der Waals surface area contributed by atoms with Crippen molar-refractivity contribution >= 4 is 66.6 Å². The molecule has 40 heavy (non-hydrogen) atoms. The highest BCUT2D eigenvalue weighted by atomic mass is 32.2. The van der Waals surface area contributed by atoms with E-state index in [-0.39, 0.29) is 11.8 Å². The number of furan rings is 2. The van der Waals surface area contributed by atoms with Crippen LogP contribution in [0, 0.1) is 0 Å². The summed E-state index contributed by atoms with van der Waals surface area (Å²) in [7, 11) is 0. The Bertz CT molecular complexity index is 2340. The molecule has 4 heterocycles. The first kappa shape index (κ1) is 21.2. The third-order valence-electron chi connectivity index (χ3n) is 8.83. The molecule has 0 N–H and O–H groups in total. The molecule has 5 aromatic carbocycles. The van der Waals surface area contributed by atoms with Gasteiger partial charge in [-0.05, 0) is 53.6 Å². The molecule has 0 spiro atoms. The lowest BCUT2D eigenvalue weighted by molar-refractivity contribution is 0.560. The van der Waals surface area contributed by atoms with Gasteiger partial charge in [-0.25, -0.2) is 0 Å². The standard InChI is InChI=1S/C36H21NO2S/c1-5-13-26-22(10-1)31-32-24-12-4-8-16-30(24)40-36(32)33-23-11-3-7-15-28(23)39-35(33)34(31)37(26)20-17-18-29-25(19-20)21-9-2-6-14-27(21)38-29/h1-19,31-32H. The summed E-state index contributed by atoms with van der Waals surface area (Å²) in [4.78, 5) is 5.20. The highest BCUT2D eigenvalue weighted by molar-refractivity contribution is 8.08. The van der Waals surface area contributed by atoms with Crippen molar-refractivity contribution in [3.63, 3.8) is 0 Å². The summed E-state index contributed by atoms with van der Waals surface area (Å²) in [5, 5.41) is 4.71. The van der Waals surface area contributed by atoms with Crippen molar-refractivity contribution in [3.05, 3.63) is 137 Å². The van der Waals surface area contributed by atoms with Crippen LogP contribution >= 0.6 is 11.8 Å². The molecule has 3 nitrogen and oxygen atoms in total. The average molecular weight is 532 g/mol. The zero-order valence-electron chi connectivity index (χ0n) is 21.3. The van der Waals surface area contributed by atoms with Gasteiger partial charge in [0.1, 0.15) is 16.7 Å². The molecular weight excluding hydrogens is 510 g/mol.